The minimum Gasteiger partial charge on any atom is -0.326 e. The van der Waals surface area contributed by atoms with Gasteiger partial charge in [0.1, 0.15) is 0 Å². The number of aromatic nitrogens is 2. The summed E-state index contributed by atoms with van der Waals surface area (Å²) in [5, 5.41) is 6.92. The van der Waals surface area contributed by atoms with Gasteiger partial charge in [0.25, 0.3) is 0 Å². The van der Waals surface area contributed by atoms with Gasteiger partial charge in [-0.1, -0.05) is 0 Å². The quantitative estimate of drug-likeness (QED) is 0.849. The van der Waals surface area contributed by atoms with Crippen molar-refractivity contribution in [2.75, 3.05) is 5.32 Å². The number of benzene rings is 1. The Balaban J connectivity index is 1.88. The summed E-state index contributed by atoms with van der Waals surface area (Å²) in [6, 6.07) is 8.77. The van der Waals surface area contributed by atoms with Crippen LogP contribution >= 0.6 is 0 Å². The van der Waals surface area contributed by atoms with Crippen LogP contribution in [0, 0.1) is 6.92 Å². The van der Waals surface area contributed by atoms with Crippen molar-refractivity contribution in [3.8, 4) is 0 Å². The number of carbonyl (C=O) groups excluding carboxylic acids is 2. The summed E-state index contributed by atoms with van der Waals surface area (Å²) in [5.74, 6) is -0.0625. The van der Waals surface area contributed by atoms with Gasteiger partial charge >= 0.3 is 0 Å². The number of ketones is 1. The van der Waals surface area contributed by atoms with Crippen LogP contribution in [0.15, 0.2) is 36.5 Å². The Morgan fingerprint density at radius 1 is 1.20 bits per heavy atom. The number of nitrogens with one attached hydrogen (secondary N) is 1. The van der Waals surface area contributed by atoms with Crippen molar-refractivity contribution >= 4 is 17.4 Å². The lowest BCUT2D eigenvalue weighted by Crippen LogP contribution is -2.15. The van der Waals surface area contributed by atoms with Crippen LogP contribution in [0.1, 0.15) is 29.4 Å². The van der Waals surface area contributed by atoms with Gasteiger partial charge in [0, 0.05) is 36.1 Å². The minimum absolute atomic E-state index is 0.0111. The van der Waals surface area contributed by atoms with Crippen LogP contribution in [0.5, 0.6) is 0 Å². The number of anilines is 1. The first-order valence-electron chi connectivity index (χ1n) is 6.45. The molecule has 1 amide bonds. The molecule has 5 heteroatoms. The molecule has 0 aliphatic carbocycles. The standard InChI is InChI=1S/C15H17N3O2/c1-11-7-9-16-18(11)10-8-15(20)17-14-5-3-13(4-6-14)12(2)19/h3-7,9H,8,10H2,1-2H3,(H,17,20). The zero-order valence-electron chi connectivity index (χ0n) is 11.6. The third-order valence-corrected chi connectivity index (χ3v) is 3.05. The summed E-state index contributed by atoms with van der Waals surface area (Å²) < 4.78 is 1.79. The van der Waals surface area contributed by atoms with Crippen molar-refractivity contribution in [1.82, 2.24) is 9.78 Å². The smallest absolute Gasteiger partial charge is 0.226 e. The second-order valence-corrected chi connectivity index (χ2v) is 4.63. The van der Waals surface area contributed by atoms with Gasteiger partial charge in [0.05, 0.1) is 0 Å². The van der Waals surface area contributed by atoms with Gasteiger partial charge < -0.3 is 5.32 Å². The fourth-order valence-electron chi connectivity index (χ4n) is 1.85. The van der Waals surface area contributed by atoms with Gasteiger partial charge in [-0.15, -0.1) is 0 Å². The third-order valence-electron chi connectivity index (χ3n) is 3.05. The van der Waals surface area contributed by atoms with Crippen molar-refractivity contribution < 1.29 is 9.59 Å². The van der Waals surface area contributed by atoms with Crippen LogP contribution in [0.25, 0.3) is 0 Å². The highest BCUT2D eigenvalue weighted by Crippen LogP contribution is 2.10. The van der Waals surface area contributed by atoms with Crippen LogP contribution in [0.4, 0.5) is 5.69 Å². The summed E-state index contributed by atoms with van der Waals surface area (Å²) in [6.07, 6.45) is 2.07. The van der Waals surface area contributed by atoms with Crippen molar-refractivity contribution in [1.29, 1.82) is 0 Å². The highest BCUT2D eigenvalue weighted by Gasteiger charge is 2.05. The molecule has 20 heavy (non-hydrogen) atoms. The summed E-state index contributed by atoms with van der Waals surface area (Å²) in [4.78, 5) is 23.0. The highest BCUT2D eigenvalue weighted by molar-refractivity contribution is 5.95. The van der Waals surface area contributed by atoms with Gasteiger partial charge in [0.15, 0.2) is 5.78 Å². The van der Waals surface area contributed by atoms with Crippen molar-refractivity contribution in [3.05, 3.63) is 47.8 Å². The summed E-state index contributed by atoms with van der Waals surface area (Å²) in [5.41, 5.74) is 2.36. The first-order valence-corrected chi connectivity index (χ1v) is 6.45. The van der Waals surface area contributed by atoms with E-state index in [1.807, 2.05) is 13.0 Å². The topological polar surface area (TPSA) is 64.0 Å². The zero-order chi connectivity index (χ0) is 14.5. The number of amides is 1. The molecule has 0 fully saturated rings. The molecule has 0 radical (unpaired) electrons. The van der Waals surface area contributed by atoms with Crippen LogP contribution in [-0.4, -0.2) is 21.5 Å². The van der Waals surface area contributed by atoms with E-state index in [1.165, 1.54) is 6.92 Å². The predicted molar refractivity (Wildman–Crippen MR) is 76.7 cm³/mol. The van der Waals surface area contributed by atoms with Gasteiger partial charge in [0.2, 0.25) is 5.91 Å². The number of nitrogens with zero attached hydrogens (tertiary/aromatic N) is 2. The minimum atomic E-state index is -0.0736. The molecule has 1 aromatic carbocycles. The molecule has 0 aliphatic rings. The molecule has 2 aromatic rings. The van der Waals surface area contributed by atoms with Gasteiger partial charge in [-0.25, -0.2) is 0 Å². The van der Waals surface area contributed by atoms with Crippen LogP contribution < -0.4 is 5.32 Å². The molecule has 1 heterocycles. The van der Waals surface area contributed by atoms with Gasteiger partial charge in [-0.05, 0) is 44.2 Å². The van der Waals surface area contributed by atoms with Crippen molar-refractivity contribution in [2.45, 2.75) is 26.8 Å². The zero-order valence-corrected chi connectivity index (χ0v) is 11.6. The van der Waals surface area contributed by atoms with E-state index in [0.717, 1.165) is 5.69 Å². The molecule has 5 nitrogen and oxygen atoms in total. The molecule has 0 saturated carbocycles. The maximum atomic E-state index is 11.8. The average Bonchev–Trinajstić information content (AvgIpc) is 2.82. The summed E-state index contributed by atoms with van der Waals surface area (Å²) in [7, 11) is 0. The van der Waals surface area contributed by atoms with Crippen LogP contribution in [0.2, 0.25) is 0 Å². The van der Waals surface area contributed by atoms with E-state index in [2.05, 4.69) is 10.4 Å². The van der Waals surface area contributed by atoms with E-state index < -0.39 is 0 Å². The molecule has 1 aromatic heterocycles. The Hall–Kier alpha value is -2.43. The van der Waals surface area contributed by atoms with Gasteiger partial charge in [-0.2, -0.15) is 5.10 Å². The van der Waals surface area contributed by atoms with Gasteiger partial charge in [-0.3, -0.25) is 14.3 Å². The maximum Gasteiger partial charge on any atom is 0.226 e. The molecule has 0 aliphatic heterocycles. The third kappa shape index (κ3) is 3.54. The molecule has 0 atom stereocenters. The lowest BCUT2D eigenvalue weighted by molar-refractivity contribution is -0.116. The maximum absolute atomic E-state index is 11.8. The average molecular weight is 271 g/mol. The summed E-state index contributed by atoms with van der Waals surface area (Å²) in [6.45, 7) is 4.02. The Labute approximate surface area is 117 Å². The second-order valence-electron chi connectivity index (χ2n) is 4.63. The molecular formula is C15H17N3O2. The lowest BCUT2D eigenvalue weighted by Gasteiger charge is -2.07. The summed E-state index contributed by atoms with van der Waals surface area (Å²) >= 11 is 0. The molecule has 2 rings (SSSR count). The number of aryl methyl sites for hydroxylation is 2. The first kappa shape index (κ1) is 14.0. The highest BCUT2D eigenvalue weighted by atomic mass is 16.1. The van der Waals surface area contributed by atoms with Crippen molar-refractivity contribution in [2.24, 2.45) is 0 Å². The normalized spacial score (nSPS) is 10.3. The lowest BCUT2D eigenvalue weighted by atomic mass is 10.1. The number of hydrogen-bond donors (Lipinski definition) is 1. The molecule has 0 saturated heterocycles. The largest absolute Gasteiger partial charge is 0.326 e. The van der Waals surface area contributed by atoms with E-state index >= 15 is 0 Å². The Morgan fingerprint density at radius 3 is 2.45 bits per heavy atom. The van der Waals surface area contributed by atoms with E-state index in [-0.39, 0.29) is 11.7 Å². The second kappa shape index (κ2) is 6.14. The fraction of sp³-hybridized carbons (Fsp3) is 0.267. The Morgan fingerprint density at radius 2 is 1.90 bits per heavy atom. The number of carbonyl (C=O) groups is 2. The number of Topliss-reactive ketones (excluding diaryl/α,β-unsaturated/α-hetero) is 1. The number of rotatable bonds is 5. The molecule has 104 valence electrons. The number of hydrogen-bond acceptors (Lipinski definition) is 3. The monoisotopic (exact) mass is 271 g/mol. The van der Waals surface area contributed by atoms with E-state index in [4.69, 9.17) is 0 Å². The Kier molecular flexibility index (Phi) is 4.30. The van der Waals surface area contributed by atoms with E-state index in [0.29, 0.717) is 24.2 Å². The molecule has 0 unspecified atom stereocenters. The SMILES string of the molecule is CC(=O)c1ccc(NC(=O)CCn2nccc2C)cc1. The Bertz CT molecular complexity index is 614. The predicted octanol–water partition coefficient (Wildman–Crippen LogP) is 2.42. The molecule has 0 bridgehead atoms. The van der Waals surface area contributed by atoms with Crippen LogP contribution in [0.3, 0.4) is 0 Å². The fourth-order valence-corrected chi connectivity index (χ4v) is 1.85. The van der Waals surface area contributed by atoms with Crippen molar-refractivity contribution in [3.63, 3.8) is 0 Å². The van der Waals surface area contributed by atoms with E-state index in [9.17, 15) is 9.59 Å². The molecule has 1 N–H and O–H groups in total. The molecular weight excluding hydrogens is 254 g/mol. The van der Waals surface area contributed by atoms with E-state index in [1.54, 1.807) is 35.1 Å². The molecule has 0 spiro atoms. The first-order chi connectivity index (χ1) is 9.56. The van der Waals surface area contributed by atoms with Crippen LogP contribution in [-0.2, 0) is 11.3 Å².